The quantitative estimate of drug-likeness (QED) is 0.662. The van der Waals surface area contributed by atoms with Gasteiger partial charge in [-0.05, 0) is 38.5 Å². The molecule has 146 valence electrons. The predicted molar refractivity (Wildman–Crippen MR) is 108 cm³/mol. The van der Waals surface area contributed by atoms with Crippen molar-refractivity contribution in [2.45, 2.75) is 32.4 Å². The van der Waals surface area contributed by atoms with Crippen molar-refractivity contribution < 1.29 is 9.59 Å². The van der Waals surface area contributed by atoms with Crippen LogP contribution < -0.4 is 16.4 Å². The summed E-state index contributed by atoms with van der Waals surface area (Å²) in [7, 11) is 0. The topological polar surface area (TPSA) is 113 Å². The first kappa shape index (κ1) is 19.3. The van der Waals surface area contributed by atoms with Crippen molar-refractivity contribution in [2.75, 3.05) is 17.2 Å². The second kappa shape index (κ2) is 8.08. The minimum atomic E-state index is -0.661. The van der Waals surface area contributed by atoms with E-state index < -0.39 is 5.91 Å². The fourth-order valence-corrected chi connectivity index (χ4v) is 3.25. The third-order valence-corrected chi connectivity index (χ3v) is 4.87. The van der Waals surface area contributed by atoms with Gasteiger partial charge in [-0.3, -0.25) is 9.59 Å². The molecule has 1 aliphatic heterocycles. The van der Waals surface area contributed by atoms with E-state index in [0.29, 0.717) is 12.4 Å². The number of amides is 2. The molecule has 1 saturated heterocycles. The highest BCUT2D eigenvalue weighted by Gasteiger charge is 2.33. The van der Waals surface area contributed by atoms with Crippen molar-refractivity contribution in [3.8, 4) is 0 Å². The second-order valence-corrected chi connectivity index (χ2v) is 6.82. The molecule has 2 atom stereocenters. The van der Waals surface area contributed by atoms with Gasteiger partial charge in [-0.15, -0.1) is 0 Å². The molecule has 1 fully saturated rings. The van der Waals surface area contributed by atoms with Gasteiger partial charge in [0.15, 0.2) is 11.5 Å². The summed E-state index contributed by atoms with van der Waals surface area (Å²) in [6, 6.07) is 7.68. The third-order valence-electron chi connectivity index (χ3n) is 4.87. The third kappa shape index (κ3) is 4.11. The van der Waals surface area contributed by atoms with Crippen molar-refractivity contribution in [3.63, 3.8) is 0 Å². The highest BCUT2D eigenvalue weighted by atomic mass is 16.2. The summed E-state index contributed by atoms with van der Waals surface area (Å²) >= 11 is 0. The monoisotopic (exact) mass is 380 g/mol. The molecule has 28 heavy (non-hydrogen) atoms. The zero-order valence-electron chi connectivity index (χ0n) is 16.0. The molecule has 0 radical (unpaired) electrons. The molecule has 1 aliphatic rings. The van der Waals surface area contributed by atoms with E-state index in [0.717, 1.165) is 17.7 Å². The van der Waals surface area contributed by atoms with Gasteiger partial charge in [-0.2, -0.15) is 0 Å². The Hall–Kier alpha value is -3.42. The maximum atomic E-state index is 11.9. The number of hydrogen-bond acceptors (Lipinski definition) is 6. The Kier molecular flexibility index (Phi) is 5.58. The van der Waals surface area contributed by atoms with Crippen LogP contribution in [0, 0.1) is 6.92 Å². The van der Waals surface area contributed by atoms with Gasteiger partial charge < -0.3 is 21.3 Å². The number of likely N-dealkylation sites (tertiary alicyclic amines) is 1. The molecule has 8 heteroatoms. The molecule has 1 aromatic heterocycles. The lowest BCUT2D eigenvalue weighted by atomic mass is 10.1. The van der Waals surface area contributed by atoms with Gasteiger partial charge in [-0.25, -0.2) is 9.97 Å². The van der Waals surface area contributed by atoms with Crippen LogP contribution in [0.1, 0.15) is 29.4 Å². The predicted octanol–water partition coefficient (Wildman–Crippen LogP) is 2.21. The number of aromatic nitrogens is 2. The molecule has 3 rings (SSSR count). The fraction of sp³-hybridized carbons (Fsp3) is 0.300. The number of primary amides is 1. The lowest BCUT2D eigenvalue weighted by molar-refractivity contribution is -0.126. The zero-order chi connectivity index (χ0) is 20.3. The Morgan fingerprint density at radius 1 is 1.32 bits per heavy atom. The number of carbonyl (C=O) groups is 2. The first-order chi connectivity index (χ1) is 13.4. The Morgan fingerprint density at radius 2 is 2.04 bits per heavy atom. The number of anilines is 3. The van der Waals surface area contributed by atoms with Crippen molar-refractivity contribution in [1.82, 2.24) is 14.9 Å². The molecule has 0 saturated carbocycles. The standard InChI is InChI=1S/C20H24N6O2/c1-4-17(27)26-10-9-15(13(26)3)24-16-11-22-18(19(21)28)20(25-16)23-14-7-5-12(2)6-8-14/h4-8,11,13,15H,1,9-10H2,2-3H3,(H2,21,28)(H2,23,24,25)/t13-,15-/m1/s1. The molecule has 4 N–H and O–H groups in total. The SMILES string of the molecule is C=CC(=O)N1CC[C@@H](Nc2cnc(C(N)=O)c(Nc3ccc(C)cc3)n2)[C@H]1C. The van der Waals surface area contributed by atoms with E-state index in [-0.39, 0.29) is 29.5 Å². The minimum absolute atomic E-state index is 0.0170. The number of rotatable bonds is 6. The number of nitrogens with zero attached hydrogens (tertiary/aromatic N) is 3. The van der Waals surface area contributed by atoms with Gasteiger partial charge in [0.1, 0.15) is 5.82 Å². The Balaban J connectivity index is 1.81. The highest BCUT2D eigenvalue weighted by Crippen LogP contribution is 2.24. The van der Waals surface area contributed by atoms with Gasteiger partial charge in [0.05, 0.1) is 6.20 Å². The first-order valence-corrected chi connectivity index (χ1v) is 9.09. The Labute approximate surface area is 163 Å². The number of hydrogen-bond donors (Lipinski definition) is 3. The normalized spacial score (nSPS) is 18.6. The van der Waals surface area contributed by atoms with E-state index in [9.17, 15) is 9.59 Å². The largest absolute Gasteiger partial charge is 0.364 e. The summed E-state index contributed by atoms with van der Waals surface area (Å²) in [4.78, 5) is 34.1. The minimum Gasteiger partial charge on any atom is -0.364 e. The van der Waals surface area contributed by atoms with Crippen LogP contribution in [-0.2, 0) is 4.79 Å². The molecule has 0 bridgehead atoms. The van der Waals surface area contributed by atoms with E-state index in [1.807, 2.05) is 38.1 Å². The molecule has 8 nitrogen and oxygen atoms in total. The summed E-state index contributed by atoms with van der Waals surface area (Å²) in [5.74, 6) is 0.0368. The lowest BCUT2D eigenvalue weighted by Crippen LogP contribution is -2.39. The van der Waals surface area contributed by atoms with Crippen LogP contribution in [0.5, 0.6) is 0 Å². The molecular weight excluding hydrogens is 356 g/mol. The Morgan fingerprint density at radius 3 is 2.68 bits per heavy atom. The van der Waals surface area contributed by atoms with Crippen LogP contribution >= 0.6 is 0 Å². The second-order valence-electron chi connectivity index (χ2n) is 6.82. The van der Waals surface area contributed by atoms with Crippen LogP contribution in [0.3, 0.4) is 0 Å². The van der Waals surface area contributed by atoms with E-state index in [1.165, 1.54) is 12.3 Å². The van der Waals surface area contributed by atoms with E-state index in [1.54, 1.807) is 4.90 Å². The summed E-state index contributed by atoms with van der Waals surface area (Å²) < 4.78 is 0. The molecular formula is C20H24N6O2. The fourth-order valence-electron chi connectivity index (χ4n) is 3.25. The van der Waals surface area contributed by atoms with Crippen molar-refractivity contribution in [3.05, 3.63) is 54.4 Å². The van der Waals surface area contributed by atoms with Crippen LogP contribution in [-0.4, -0.2) is 45.3 Å². The van der Waals surface area contributed by atoms with Gasteiger partial charge in [0.2, 0.25) is 5.91 Å². The molecule has 0 spiro atoms. The number of benzene rings is 1. The number of carbonyl (C=O) groups excluding carboxylic acids is 2. The molecule has 0 aliphatic carbocycles. The van der Waals surface area contributed by atoms with E-state index in [4.69, 9.17) is 5.73 Å². The highest BCUT2D eigenvalue weighted by molar-refractivity contribution is 5.96. The van der Waals surface area contributed by atoms with Crippen LogP contribution in [0.15, 0.2) is 43.1 Å². The average Bonchev–Trinajstić information content (AvgIpc) is 3.03. The molecule has 0 unspecified atom stereocenters. The summed E-state index contributed by atoms with van der Waals surface area (Å²) in [6.07, 6.45) is 3.58. The van der Waals surface area contributed by atoms with Crippen LogP contribution in [0.2, 0.25) is 0 Å². The van der Waals surface area contributed by atoms with Crippen molar-refractivity contribution in [2.24, 2.45) is 5.73 Å². The lowest BCUT2D eigenvalue weighted by Gasteiger charge is -2.24. The smallest absolute Gasteiger partial charge is 0.271 e. The molecule has 2 heterocycles. The number of nitrogens with one attached hydrogen (secondary N) is 2. The van der Waals surface area contributed by atoms with E-state index in [2.05, 4.69) is 27.2 Å². The summed E-state index contributed by atoms with van der Waals surface area (Å²) in [6.45, 7) is 8.16. The maximum Gasteiger partial charge on any atom is 0.271 e. The summed E-state index contributed by atoms with van der Waals surface area (Å²) in [5.41, 5.74) is 7.40. The van der Waals surface area contributed by atoms with Gasteiger partial charge in [0.25, 0.3) is 5.91 Å². The van der Waals surface area contributed by atoms with Crippen molar-refractivity contribution >= 4 is 29.1 Å². The molecule has 1 aromatic carbocycles. The maximum absolute atomic E-state index is 11.9. The van der Waals surface area contributed by atoms with E-state index >= 15 is 0 Å². The first-order valence-electron chi connectivity index (χ1n) is 9.09. The average molecular weight is 380 g/mol. The van der Waals surface area contributed by atoms with Gasteiger partial charge >= 0.3 is 0 Å². The molecule has 2 aromatic rings. The Bertz CT molecular complexity index is 896. The number of nitrogens with two attached hydrogens (primary N) is 1. The van der Waals surface area contributed by atoms with Crippen LogP contribution in [0.4, 0.5) is 17.3 Å². The van der Waals surface area contributed by atoms with Crippen LogP contribution in [0.25, 0.3) is 0 Å². The zero-order valence-corrected chi connectivity index (χ0v) is 16.0. The number of aryl methyl sites for hydroxylation is 1. The molecule has 2 amide bonds. The van der Waals surface area contributed by atoms with Gasteiger partial charge in [0, 0.05) is 24.3 Å². The summed E-state index contributed by atoms with van der Waals surface area (Å²) in [5, 5.41) is 6.41. The van der Waals surface area contributed by atoms with Gasteiger partial charge in [-0.1, -0.05) is 24.3 Å². The van der Waals surface area contributed by atoms with Crippen molar-refractivity contribution in [1.29, 1.82) is 0 Å².